The van der Waals surface area contributed by atoms with Crippen LogP contribution < -0.4 is 5.32 Å². The SMILES string of the molecule is CC1CCC(CNc2cccc(-n3cccn3)c2)CC1. The predicted molar refractivity (Wildman–Crippen MR) is 83.2 cm³/mol. The second-order valence-electron chi connectivity index (χ2n) is 6.01. The van der Waals surface area contributed by atoms with Crippen molar-refractivity contribution in [3.63, 3.8) is 0 Å². The lowest BCUT2D eigenvalue weighted by Gasteiger charge is -2.26. The van der Waals surface area contributed by atoms with Gasteiger partial charge in [-0.25, -0.2) is 4.68 Å². The molecule has 1 fully saturated rings. The third kappa shape index (κ3) is 3.21. The van der Waals surface area contributed by atoms with Crippen molar-refractivity contribution in [2.75, 3.05) is 11.9 Å². The molecule has 0 radical (unpaired) electrons. The number of aromatic nitrogens is 2. The first kappa shape index (κ1) is 13.2. The lowest BCUT2D eigenvalue weighted by Crippen LogP contribution is -2.20. The van der Waals surface area contributed by atoms with Crippen LogP contribution in [0.5, 0.6) is 0 Å². The number of benzene rings is 1. The number of nitrogens with one attached hydrogen (secondary N) is 1. The van der Waals surface area contributed by atoms with Gasteiger partial charge in [-0.1, -0.05) is 25.8 Å². The maximum absolute atomic E-state index is 4.27. The molecule has 0 aliphatic heterocycles. The van der Waals surface area contributed by atoms with E-state index in [1.54, 1.807) is 0 Å². The van der Waals surface area contributed by atoms with E-state index in [0.717, 1.165) is 24.1 Å². The van der Waals surface area contributed by atoms with Crippen LogP contribution >= 0.6 is 0 Å². The van der Waals surface area contributed by atoms with Gasteiger partial charge in [0.1, 0.15) is 0 Å². The van der Waals surface area contributed by atoms with Crippen LogP contribution in [0.15, 0.2) is 42.7 Å². The maximum atomic E-state index is 4.27. The standard InChI is InChI=1S/C17H23N3/c1-14-6-8-15(9-7-14)13-18-16-4-2-5-17(12-16)20-11-3-10-19-20/h2-5,10-12,14-15,18H,6-9,13H2,1H3. The zero-order valence-electron chi connectivity index (χ0n) is 12.1. The Labute approximate surface area is 121 Å². The zero-order valence-corrected chi connectivity index (χ0v) is 12.1. The van der Waals surface area contributed by atoms with Gasteiger partial charge in [0.15, 0.2) is 0 Å². The summed E-state index contributed by atoms with van der Waals surface area (Å²) in [6.07, 6.45) is 9.30. The van der Waals surface area contributed by atoms with Crippen molar-refractivity contribution >= 4 is 5.69 Å². The summed E-state index contributed by atoms with van der Waals surface area (Å²) >= 11 is 0. The second-order valence-corrected chi connectivity index (χ2v) is 6.01. The molecule has 0 atom stereocenters. The molecule has 1 aliphatic carbocycles. The Balaban J connectivity index is 1.59. The molecule has 0 bridgehead atoms. The molecular weight excluding hydrogens is 246 g/mol. The molecule has 1 aliphatic rings. The lowest BCUT2D eigenvalue weighted by atomic mass is 9.83. The first-order valence-corrected chi connectivity index (χ1v) is 7.65. The van der Waals surface area contributed by atoms with Crippen molar-refractivity contribution in [3.05, 3.63) is 42.7 Å². The Kier molecular flexibility index (Phi) is 4.05. The van der Waals surface area contributed by atoms with E-state index in [1.807, 2.05) is 23.1 Å². The van der Waals surface area contributed by atoms with E-state index in [9.17, 15) is 0 Å². The largest absolute Gasteiger partial charge is 0.385 e. The van der Waals surface area contributed by atoms with Gasteiger partial charge in [-0.05, 0) is 48.9 Å². The molecule has 20 heavy (non-hydrogen) atoms. The van der Waals surface area contributed by atoms with Crippen molar-refractivity contribution in [1.29, 1.82) is 0 Å². The minimum atomic E-state index is 0.833. The van der Waals surface area contributed by atoms with Crippen LogP contribution in [0.4, 0.5) is 5.69 Å². The van der Waals surface area contributed by atoms with Gasteiger partial charge in [0.2, 0.25) is 0 Å². The van der Waals surface area contributed by atoms with Crippen LogP contribution in [0.3, 0.4) is 0 Å². The summed E-state index contributed by atoms with van der Waals surface area (Å²) in [7, 11) is 0. The molecule has 2 aromatic rings. The van der Waals surface area contributed by atoms with Gasteiger partial charge in [0, 0.05) is 24.6 Å². The number of hydrogen-bond acceptors (Lipinski definition) is 2. The van der Waals surface area contributed by atoms with Crippen LogP contribution in [0.25, 0.3) is 5.69 Å². The predicted octanol–water partition coefficient (Wildman–Crippen LogP) is 4.11. The summed E-state index contributed by atoms with van der Waals surface area (Å²) in [5, 5.41) is 7.87. The van der Waals surface area contributed by atoms with E-state index < -0.39 is 0 Å². The maximum Gasteiger partial charge on any atom is 0.0666 e. The van der Waals surface area contributed by atoms with Crippen molar-refractivity contribution in [3.8, 4) is 5.69 Å². The van der Waals surface area contributed by atoms with Crippen molar-refractivity contribution < 1.29 is 0 Å². The van der Waals surface area contributed by atoms with Crippen molar-refractivity contribution in [2.45, 2.75) is 32.6 Å². The van der Waals surface area contributed by atoms with E-state index in [-0.39, 0.29) is 0 Å². The molecule has 1 heterocycles. The molecule has 1 aromatic carbocycles. The molecule has 0 spiro atoms. The monoisotopic (exact) mass is 269 g/mol. The number of anilines is 1. The summed E-state index contributed by atoms with van der Waals surface area (Å²) in [6, 6.07) is 10.4. The molecule has 0 unspecified atom stereocenters. The van der Waals surface area contributed by atoms with E-state index in [4.69, 9.17) is 0 Å². The Bertz CT molecular complexity index is 525. The summed E-state index contributed by atoms with van der Waals surface area (Å²) in [5.74, 6) is 1.76. The van der Waals surface area contributed by atoms with Crippen LogP contribution in [-0.2, 0) is 0 Å². The first-order chi connectivity index (χ1) is 9.81. The van der Waals surface area contributed by atoms with E-state index in [1.165, 1.54) is 31.4 Å². The molecule has 3 nitrogen and oxygen atoms in total. The molecule has 1 saturated carbocycles. The number of nitrogens with zero attached hydrogens (tertiary/aromatic N) is 2. The number of rotatable bonds is 4. The van der Waals surface area contributed by atoms with Gasteiger partial charge in [0.25, 0.3) is 0 Å². The molecule has 3 heteroatoms. The summed E-state index contributed by atoms with van der Waals surface area (Å²) < 4.78 is 1.90. The molecular formula is C17H23N3. The highest BCUT2D eigenvalue weighted by molar-refractivity contribution is 5.50. The zero-order chi connectivity index (χ0) is 13.8. The molecule has 0 saturated heterocycles. The fourth-order valence-electron chi connectivity index (χ4n) is 2.98. The molecule has 0 amide bonds. The third-order valence-electron chi connectivity index (χ3n) is 4.35. The minimum Gasteiger partial charge on any atom is -0.385 e. The number of hydrogen-bond donors (Lipinski definition) is 1. The van der Waals surface area contributed by atoms with Gasteiger partial charge >= 0.3 is 0 Å². The quantitative estimate of drug-likeness (QED) is 0.905. The van der Waals surface area contributed by atoms with Gasteiger partial charge < -0.3 is 5.32 Å². The van der Waals surface area contributed by atoms with E-state index in [0.29, 0.717) is 0 Å². The third-order valence-corrected chi connectivity index (χ3v) is 4.35. The fraction of sp³-hybridized carbons (Fsp3) is 0.471. The smallest absolute Gasteiger partial charge is 0.0666 e. The topological polar surface area (TPSA) is 29.9 Å². The summed E-state index contributed by atoms with van der Waals surface area (Å²) in [6.45, 7) is 3.46. The van der Waals surface area contributed by atoms with Crippen LogP contribution in [0, 0.1) is 11.8 Å². The van der Waals surface area contributed by atoms with Crippen LogP contribution in [0.1, 0.15) is 32.6 Å². The van der Waals surface area contributed by atoms with Gasteiger partial charge in [0.05, 0.1) is 5.69 Å². The minimum absolute atomic E-state index is 0.833. The normalized spacial score (nSPS) is 22.6. The highest BCUT2D eigenvalue weighted by Gasteiger charge is 2.17. The average molecular weight is 269 g/mol. The summed E-state index contributed by atoms with van der Waals surface area (Å²) in [5.41, 5.74) is 2.30. The molecule has 1 aromatic heterocycles. The molecule has 1 N–H and O–H groups in total. The Morgan fingerprint density at radius 3 is 2.80 bits per heavy atom. The van der Waals surface area contributed by atoms with Gasteiger partial charge in [-0.2, -0.15) is 5.10 Å². The van der Waals surface area contributed by atoms with E-state index >= 15 is 0 Å². The van der Waals surface area contributed by atoms with Crippen molar-refractivity contribution in [2.24, 2.45) is 11.8 Å². The Morgan fingerprint density at radius 1 is 1.20 bits per heavy atom. The Morgan fingerprint density at radius 2 is 2.05 bits per heavy atom. The lowest BCUT2D eigenvalue weighted by molar-refractivity contribution is 0.300. The van der Waals surface area contributed by atoms with Gasteiger partial charge in [-0.15, -0.1) is 0 Å². The highest BCUT2D eigenvalue weighted by Crippen LogP contribution is 2.28. The van der Waals surface area contributed by atoms with Crippen LogP contribution in [0.2, 0.25) is 0 Å². The Hall–Kier alpha value is -1.77. The average Bonchev–Trinajstić information content (AvgIpc) is 3.01. The highest BCUT2D eigenvalue weighted by atomic mass is 15.3. The van der Waals surface area contributed by atoms with Crippen molar-refractivity contribution in [1.82, 2.24) is 9.78 Å². The van der Waals surface area contributed by atoms with Crippen LogP contribution in [-0.4, -0.2) is 16.3 Å². The molecule has 3 rings (SSSR count). The first-order valence-electron chi connectivity index (χ1n) is 7.65. The van der Waals surface area contributed by atoms with Gasteiger partial charge in [-0.3, -0.25) is 0 Å². The van der Waals surface area contributed by atoms with E-state index in [2.05, 4.69) is 41.6 Å². The second kappa shape index (κ2) is 6.12. The molecule has 106 valence electrons. The fourth-order valence-corrected chi connectivity index (χ4v) is 2.98. The summed E-state index contributed by atoms with van der Waals surface area (Å²) in [4.78, 5) is 0.